The molecule has 152 valence electrons. The van der Waals surface area contributed by atoms with Gasteiger partial charge in [-0.1, -0.05) is 29.8 Å². The first-order valence-corrected chi connectivity index (χ1v) is 9.65. The molecule has 7 nitrogen and oxygen atoms in total. The predicted molar refractivity (Wildman–Crippen MR) is 110 cm³/mol. The number of amides is 3. The number of ether oxygens (including phenoxy) is 1. The van der Waals surface area contributed by atoms with E-state index in [0.29, 0.717) is 12.1 Å². The average molecular weight is 395 g/mol. The molecule has 3 amide bonds. The Bertz CT molecular complexity index is 926. The molecule has 2 aromatic carbocycles. The van der Waals surface area contributed by atoms with E-state index < -0.39 is 12.0 Å². The van der Waals surface area contributed by atoms with Gasteiger partial charge in [-0.15, -0.1) is 0 Å². The molecule has 0 bridgehead atoms. The number of fused-ring (bicyclic) bond motifs is 1. The van der Waals surface area contributed by atoms with Gasteiger partial charge in [-0.2, -0.15) is 0 Å². The van der Waals surface area contributed by atoms with Gasteiger partial charge in [-0.3, -0.25) is 9.59 Å². The van der Waals surface area contributed by atoms with Gasteiger partial charge < -0.3 is 20.3 Å². The molecule has 3 rings (SSSR count). The predicted octanol–water partition coefficient (Wildman–Crippen LogP) is 2.56. The Morgan fingerprint density at radius 2 is 1.93 bits per heavy atom. The lowest BCUT2D eigenvalue weighted by molar-refractivity contribution is -0.141. The Kier molecular flexibility index (Phi) is 6.49. The molecule has 0 atom stereocenters. The summed E-state index contributed by atoms with van der Waals surface area (Å²) in [6.45, 7) is 4.69. The molecule has 0 aromatic heterocycles. The lowest BCUT2D eigenvalue weighted by Crippen LogP contribution is -2.38. The molecule has 0 aliphatic carbocycles. The number of hydrogen-bond donors (Lipinski definition) is 2. The summed E-state index contributed by atoms with van der Waals surface area (Å²) < 4.78 is 4.76. The maximum Gasteiger partial charge on any atom is 0.325 e. The van der Waals surface area contributed by atoms with E-state index in [4.69, 9.17) is 4.74 Å². The van der Waals surface area contributed by atoms with Crippen molar-refractivity contribution in [2.45, 2.75) is 26.8 Å². The third kappa shape index (κ3) is 5.13. The van der Waals surface area contributed by atoms with Crippen LogP contribution in [0.15, 0.2) is 42.5 Å². The highest BCUT2D eigenvalue weighted by atomic mass is 16.5. The normalized spacial score (nSPS) is 12.3. The van der Waals surface area contributed by atoms with E-state index in [0.717, 1.165) is 28.8 Å². The van der Waals surface area contributed by atoms with Crippen LogP contribution in [0.25, 0.3) is 0 Å². The first-order chi connectivity index (χ1) is 14.0. The van der Waals surface area contributed by atoms with E-state index in [1.165, 1.54) is 0 Å². The molecule has 29 heavy (non-hydrogen) atoms. The Balaban J connectivity index is 1.63. The summed E-state index contributed by atoms with van der Waals surface area (Å²) >= 11 is 0. The van der Waals surface area contributed by atoms with Gasteiger partial charge in [-0.05, 0) is 49.6 Å². The van der Waals surface area contributed by atoms with Crippen LogP contribution in [0.3, 0.4) is 0 Å². The van der Waals surface area contributed by atoms with Gasteiger partial charge in [0.1, 0.15) is 6.54 Å². The SMILES string of the molecule is CCOC(=O)CNC(=O)NCc1ccc2c(c1)N(C(=O)c1cccc(C)c1)CC2. The van der Waals surface area contributed by atoms with Gasteiger partial charge in [0.25, 0.3) is 5.91 Å². The third-order valence-electron chi connectivity index (χ3n) is 4.71. The molecule has 2 aromatic rings. The average Bonchev–Trinajstić information content (AvgIpc) is 3.13. The number of aryl methyl sites for hydroxylation is 1. The molecule has 0 saturated carbocycles. The highest BCUT2D eigenvalue weighted by Crippen LogP contribution is 2.30. The Morgan fingerprint density at radius 1 is 1.10 bits per heavy atom. The number of nitrogens with zero attached hydrogens (tertiary/aromatic N) is 1. The van der Waals surface area contributed by atoms with Crippen molar-refractivity contribution in [2.24, 2.45) is 0 Å². The molecule has 2 N–H and O–H groups in total. The number of anilines is 1. The number of rotatable bonds is 6. The van der Waals surface area contributed by atoms with E-state index in [2.05, 4.69) is 10.6 Å². The molecule has 1 aliphatic heterocycles. The summed E-state index contributed by atoms with van der Waals surface area (Å²) in [5, 5.41) is 5.16. The zero-order valence-corrected chi connectivity index (χ0v) is 16.7. The zero-order chi connectivity index (χ0) is 20.8. The maximum absolute atomic E-state index is 12.9. The van der Waals surface area contributed by atoms with Crippen LogP contribution in [0.2, 0.25) is 0 Å². The van der Waals surface area contributed by atoms with E-state index in [-0.39, 0.29) is 25.6 Å². The van der Waals surface area contributed by atoms with Gasteiger partial charge in [0.05, 0.1) is 6.61 Å². The summed E-state index contributed by atoms with van der Waals surface area (Å²) in [6, 6.07) is 13.0. The summed E-state index contributed by atoms with van der Waals surface area (Å²) in [5.41, 5.74) is 4.57. The molecule has 1 aliphatic rings. The molecule has 0 radical (unpaired) electrons. The zero-order valence-electron chi connectivity index (χ0n) is 16.7. The largest absolute Gasteiger partial charge is 0.465 e. The van der Waals surface area contributed by atoms with Crippen LogP contribution in [0.4, 0.5) is 10.5 Å². The second-order valence-electron chi connectivity index (χ2n) is 6.88. The minimum absolute atomic E-state index is 0.0234. The van der Waals surface area contributed by atoms with Crippen LogP contribution in [-0.4, -0.2) is 37.6 Å². The van der Waals surface area contributed by atoms with Gasteiger partial charge in [0.15, 0.2) is 0 Å². The minimum Gasteiger partial charge on any atom is -0.465 e. The van der Waals surface area contributed by atoms with E-state index in [9.17, 15) is 14.4 Å². The fraction of sp³-hybridized carbons (Fsp3) is 0.318. The number of urea groups is 1. The van der Waals surface area contributed by atoms with Crippen LogP contribution in [0, 0.1) is 6.92 Å². The molecular weight excluding hydrogens is 370 g/mol. The second kappa shape index (κ2) is 9.23. The Hall–Kier alpha value is -3.35. The number of carbonyl (C=O) groups is 3. The van der Waals surface area contributed by atoms with Crippen molar-refractivity contribution in [3.8, 4) is 0 Å². The van der Waals surface area contributed by atoms with Gasteiger partial charge in [0, 0.05) is 24.3 Å². The molecule has 0 fully saturated rings. The fourth-order valence-electron chi connectivity index (χ4n) is 3.29. The summed E-state index contributed by atoms with van der Waals surface area (Å²) in [6.07, 6.45) is 0.806. The number of hydrogen-bond acceptors (Lipinski definition) is 4. The number of carbonyl (C=O) groups excluding carboxylic acids is 3. The first-order valence-electron chi connectivity index (χ1n) is 9.65. The molecular formula is C22H25N3O4. The van der Waals surface area contributed by atoms with Crippen molar-refractivity contribution in [1.82, 2.24) is 10.6 Å². The van der Waals surface area contributed by atoms with Crippen LogP contribution in [0.5, 0.6) is 0 Å². The van der Waals surface area contributed by atoms with Gasteiger partial charge >= 0.3 is 12.0 Å². The number of benzene rings is 2. The van der Waals surface area contributed by atoms with Crippen molar-refractivity contribution in [3.63, 3.8) is 0 Å². The maximum atomic E-state index is 12.9. The summed E-state index contributed by atoms with van der Waals surface area (Å²) in [5.74, 6) is -0.504. The summed E-state index contributed by atoms with van der Waals surface area (Å²) in [7, 11) is 0. The topological polar surface area (TPSA) is 87.7 Å². The van der Waals surface area contributed by atoms with Gasteiger partial charge in [0.2, 0.25) is 0 Å². The van der Waals surface area contributed by atoms with E-state index in [1.54, 1.807) is 11.8 Å². The quantitative estimate of drug-likeness (QED) is 0.736. The number of esters is 1. The third-order valence-corrected chi connectivity index (χ3v) is 4.71. The first kappa shape index (κ1) is 20.4. The fourth-order valence-corrected chi connectivity index (χ4v) is 3.29. The molecule has 0 saturated heterocycles. The van der Waals surface area contributed by atoms with Crippen LogP contribution < -0.4 is 15.5 Å². The van der Waals surface area contributed by atoms with Gasteiger partial charge in [-0.25, -0.2) is 4.79 Å². The molecule has 0 unspecified atom stereocenters. The minimum atomic E-state index is -0.481. The smallest absolute Gasteiger partial charge is 0.325 e. The van der Waals surface area contributed by atoms with Crippen molar-refractivity contribution < 1.29 is 19.1 Å². The molecule has 1 heterocycles. The second-order valence-corrected chi connectivity index (χ2v) is 6.88. The highest BCUT2D eigenvalue weighted by Gasteiger charge is 2.25. The Labute approximate surface area is 170 Å². The summed E-state index contributed by atoms with van der Waals surface area (Å²) in [4.78, 5) is 37.9. The van der Waals surface area contributed by atoms with Crippen molar-refractivity contribution in [1.29, 1.82) is 0 Å². The standard InChI is InChI=1S/C22H25N3O4/c1-3-29-20(26)14-24-22(28)23-13-16-7-8-17-9-10-25(19(17)12-16)21(27)18-6-4-5-15(2)11-18/h4-8,11-12H,3,9-10,13-14H2,1-2H3,(H2,23,24,28). The number of nitrogens with one attached hydrogen (secondary N) is 2. The van der Waals surface area contributed by atoms with Crippen LogP contribution in [-0.2, 0) is 22.5 Å². The lowest BCUT2D eigenvalue weighted by Gasteiger charge is -2.18. The van der Waals surface area contributed by atoms with Crippen molar-refractivity contribution in [3.05, 3.63) is 64.7 Å². The highest BCUT2D eigenvalue weighted by molar-refractivity contribution is 6.07. The monoisotopic (exact) mass is 395 g/mol. The van der Waals surface area contributed by atoms with Crippen LogP contribution in [0.1, 0.15) is 34.0 Å². The van der Waals surface area contributed by atoms with Crippen LogP contribution >= 0.6 is 0 Å². The molecule has 0 spiro atoms. The van der Waals surface area contributed by atoms with E-state index in [1.807, 2.05) is 49.4 Å². The van der Waals surface area contributed by atoms with Crippen molar-refractivity contribution >= 4 is 23.6 Å². The lowest BCUT2D eigenvalue weighted by atomic mass is 10.1. The molecule has 7 heteroatoms. The Morgan fingerprint density at radius 3 is 2.69 bits per heavy atom. The van der Waals surface area contributed by atoms with E-state index >= 15 is 0 Å². The van der Waals surface area contributed by atoms with Crippen molar-refractivity contribution in [2.75, 3.05) is 24.6 Å².